The van der Waals surface area contributed by atoms with Crippen molar-refractivity contribution in [3.05, 3.63) is 82.2 Å². The fourth-order valence-corrected chi connectivity index (χ4v) is 3.95. The Labute approximate surface area is 172 Å². The SMILES string of the molecule is O=C(NCc1cccs1)C1(CCCCc2cccc(C(F)(F)F)c2)C=CC=CN1. The van der Waals surface area contributed by atoms with E-state index in [-0.39, 0.29) is 5.91 Å². The summed E-state index contributed by atoms with van der Waals surface area (Å²) in [5.41, 5.74) is -0.802. The lowest BCUT2D eigenvalue weighted by molar-refractivity contribution is -0.137. The molecule has 0 spiro atoms. The lowest BCUT2D eigenvalue weighted by Gasteiger charge is -2.31. The lowest BCUT2D eigenvalue weighted by Crippen LogP contribution is -2.54. The molecule has 1 atom stereocenters. The molecule has 1 aromatic carbocycles. The minimum absolute atomic E-state index is 0.106. The highest BCUT2D eigenvalue weighted by Gasteiger charge is 2.35. The molecule has 2 N–H and O–H groups in total. The Morgan fingerprint density at radius 1 is 1.14 bits per heavy atom. The zero-order chi connectivity index (χ0) is 20.7. The van der Waals surface area contributed by atoms with E-state index < -0.39 is 17.3 Å². The molecule has 2 aromatic rings. The van der Waals surface area contributed by atoms with Crippen LogP contribution in [0.5, 0.6) is 0 Å². The van der Waals surface area contributed by atoms with Crippen LogP contribution in [0.15, 0.2) is 66.2 Å². The average molecular weight is 420 g/mol. The zero-order valence-electron chi connectivity index (χ0n) is 15.8. The molecule has 0 fully saturated rings. The van der Waals surface area contributed by atoms with E-state index in [1.165, 1.54) is 12.1 Å². The summed E-state index contributed by atoms with van der Waals surface area (Å²) in [5.74, 6) is -0.106. The van der Waals surface area contributed by atoms with Crippen molar-refractivity contribution in [2.75, 3.05) is 0 Å². The van der Waals surface area contributed by atoms with Crippen molar-refractivity contribution in [1.82, 2.24) is 10.6 Å². The number of nitrogens with one attached hydrogen (secondary N) is 2. The fourth-order valence-electron chi connectivity index (χ4n) is 3.30. The van der Waals surface area contributed by atoms with Crippen LogP contribution in [0.4, 0.5) is 13.2 Å². The van der Waals surface area contributed by atoms with Gasteiger partial charge in [0.25, 0.3) is 0 Å². The molecule has 3 rings (SSSR count). The normalized spacial score (nSPS) is 18.4. The van der Waals surface area contributed by atoms with E-state index >= 15 is 0 Å². The number of carbonyl (C=O) groups is 1. The number of carbonyl (C=O) groups excluding carboxylic acids is 1. The van der Waals surface area contributed by atoms with Gasteiger partial charge in [-0.15, -0.1) is 11.3 Å². The Hall–Kier alpha value is -2.54. The van der Waals surface area contributed by atoms with Crippen molar-refractivity contribution in [2.24, 2.45) is 0 Å². The Kier molecular flexibility index (Phi) is 6.79. The van der Waals surface area contributed by atoms with E-state index in [9.17, 15) is 18.0 Å². The molecule has 1 aromatic heterocycles. The van der Waals surface area contributed by atoms with E-state index in [4.69, 9.17) is 0 Å². The maximum atomic E-state index is 12.9. The van der Waals surface area contributed by atoms with Crippen LogP contribution in [0.2, 0.25) is 0 Å². The molecule has 0 bridgehead atoms. The lowest BCUT2D eigenvalue weighted by atomic mass is 9.88. The molecule has 154 valence electrons. The van der Waals surface area contributed by atoms with Crippen molar-refractivity contribution in [2.45, 2.75) is 43.9 Å². The third-order valence-corrected chi connectivity index (χ3v) is 5.75. The first kappa shape index (κ1) is 21.2. The molecule has 2 heterocycles. The molecule has 3 nitrogen and oxygen atoms in total. The number of hydrogen-bond donors (Lipinski definition) is 2. The molecular formula is C22H23F3N2OS. The van der Waals surface area contributed by atoms with Gasteiger partial charge in [-0.25, -0.2) is 0 Å². The van der Waals surface area contributed by atoms with E-state index in [0.29, 0.717) is 37.8 Å². The third-order valence-electron chi connectivity index (χ3n) is 4.88. The van der Waals surface area contributed by atoms with Gasteiger partial charge < -0.3 is 10.6 Å². The summed E-state index contributed by atoms with van der Waals surface area (Å²) in [4.78, 5) is 13.9. The second-order valence-electron chi connectivity index (χ2n) is 7.00. The summed E-state index contributed by atoms with van der Waals surface area (Å²) in [6, 6.07) is 9.34. The van der Waals surface area contributed by atoms with Crippen LogP contribution in [0.1, 0.15) is 35.3 Å². The molecule has 7 heteroatoms. The first-order valence-corrected chi connectivity index (χ1v) is 10.4. The third kappa shape index (κ3) is 5.73. The Balaban J connectivity index is 1.55. The predicted molar refractivity (Wildman–Crippen MR) is 109 cm³/mol. The fraction of sp³-hybridized carbons (Fsp3) is 0.318. The summed E-state index contributed by atoms with van der Waals surface area (Å²) in [5, 5.41) is 8.11. The van der Waals surface area contributed by atoms with Crippen molar-refractivity contribution < 1.29 is 18.0 Å². The summed E-state index contributed by atoms with van der Waals surface area (Å²) in [6.07, 6.45) is 5.43. The molecule has 0 aliphatic carbocycles. The molecule has 0 radical (unpaired) electrons. The van der Waals surface area contributed by atoms with E-state index in [1.54, 1.807) is 23.6 Å². The topological polar surface area (TPSA) is 41.1 Å². The van der Waals surface area contributed by atoms with Crippen LogP contribution in [0, 0.1) is 0 Å². The Morgan fingerprint density at radius 3 is 2.69 bits per heavy atom. The van der Waals surface area contributed by atoms with Crippen LogP contribution >= 0.6 is 11.3 Å². The number of unbranched alkanes of at least 4 members (excludes halogenated alkanes) is 1. The average Bonchev–Trinajstić information content (AvgIpc) is 3.23. The number of benzene rings is 1. The van der Waals surface area contributed by atoms with Crippen LogP contribution < -0.4 is 10.6 Å². The van der Waals surface area contributed by atoms with Crippen LogP contribution in [-0.2, 0) is 23.9 Å². The molecular weight excluding hydrogens is 397 g/mol. The molecule has 1 amide bonds. The van der Waals surface area contributed by atoms with E-state index in [1.807, 2.05) is 35.7 Å². The number of dihydropyridines is 1. The quantitative estimate of drug-likeness (QED) is 0.576. The standard InChI is InChI=1S/C22H23F3N2OS/c23-22(24,25)18-9-5-8-17(15-18)7-1-2-11-21(12-3-4-13-27-21)20(28)26-16-19-10-6-14-29-19/h3-6,8-10,12-15,27H,1-2,7,11,16H2,(H,26,28). The van der Waals surface area contributed by atoms with E-state index in [0.717, 1.165) is 10.9 Å². The number of allylic oxidation sites excluding steroid dienone is 2. The second-order valence-corrected chi connectivity index (χ2v) is 8.03. The zero-order valence-corrected chi connectivity index (χ0v) is 16.7. The minimum Gasteiger partial charge on any atom is -0.374 e. The minimum atomic E-state index is -4.33. The van der Waals surface area contributed by atoms with Crippen molar-refractivity contribution in [3.8, 4) is 0 Å². The summed E-state index contributed by atoms with van der Waals surface area (Å²) < 4.78 is 38.5. The number of rotatable bonds is 8. The molecule has 1 aliphatic rings. The molecule has 1 unspecified atom stereocenters. The summed E-state index contributed by atoms with van der Waals surface area (Å²) in [6.45, 7) is 0.474. The van der Waals surface area contributed by atoms with Gasteiger partial charge in [0.2, 0.25) is 5.91 Å². The number of aryl methyl sites for hydroxylation is 1. The highest BCUT2D eigenvalue weighted by Crippen LogP contribution is 2.30. The maximum absolute atomic E-state index is 12.9. The first-order valence-electron chi connectivity index (χ1n) is 9.48. The van der Waals surface area contributed by atoms with Gasteiger partial charge in [-0.3, -0.25) is 4.79 Å². The van der Waals surface area contributed by atoms with Gasteiger partial charge in [-0.05, 0) is 67.1 Å². The number of hydrogen-bond acceptors (Lipinski definition) is 3. The van der Waals surface area contributed by atoms with E-state index in [2.05, 4.69) is 10.6 Å². The molecule has 0 saturated carbocycles. The van der Waals surface area contributed by atoms with Crippen LogP contribution in [0.25, 0.3) is 0 Å². The van der Waals surface area contributed by atoms with Crippen molar-refractivity contribution in [3.63, 3.8) is 0 Å². The van der Waals surface area contributed by atoms with Gasteiger partial charge in [0.1, 0.15) is 5.54 Å². The van der Waals surface area contributed by atoms with Gasteiger partial charge in [-0.2, -0.15) is 13.2 Å². The maximum Gasteiger partial charge on any atom is 0.416 e. The largest absolute Gasteiger partial charge is 0.416 e. The van der Waals surface area contributed by atoms with Gasteiger partial charge in [0.15, 0.2) is 0 Å². The van der Waals surface area contributed by atoms with Crippen molar-refractivity contribution >= 4 is 17.2 Å². The van der Waals surface area contributed by atoms with Gasteiger partial charge >= 0.3 is 6.18 Å². The second kappa shape index (κ2) is 9.31. The number of amides is 1. The number of halogens is 3. The van der Waals surface area contributed by atoms with Gasteiger partial charge in [-0.1, -0.05) is 30.3 Å². The highest BCUT2D eigenvalue weighted by molar-refractivity contribution is 7.09. The molecule has 1 aliphatic heterocycles. The number of thiophene rings is 1. The monoisotopic (exact) mass is 420 g/mol. The Morgan fingerprint density at radius 2 is 2.00 bits per heavy atom. The van der Waals surface area contributed by atoms with Crippen LogP contribution in [0.3, 0.4) is 0 Å². The number of alkyl halides is 3. The van der Waals surface area contributed by atoms with Crippen molar-refractivity contribution in [1.29, 1.82) is 0 Å². The molecule has 29 heavy (non-hydrogen) atoms. The van der Waals surface area contributed by atoms with Crippen LogP contribution in [-0.4, -0.2) is 11.4 Å². The van der Waals surface area contributed by atoms with Gasteiger partial charge in [0.05, 0.1) is 12.1 Å². The highest BCUT2D eigenvalue weighted by atomic mass is 32.1. The smallest absolute Gasteiger partial charge is 0.374 e. The summed E-state index contributed by atoms with van der Waals surface area (Å²) >= 11 is 1.59. The predicted octanol–water partition coefficient (Wildman–Crippen LogP) is 5.21. The molecule has 0 saturated heterocycles. The first-order chi connectivity index (χ1) is 13.9. The van der Waals surface area contributed by atoms with Gasteiger partial charge in [0, 0.05) is 4.88 Å². The summed E-state index contributed by atoms with van der Waals surface area (Å²) in [7, 11) is 0. The Bertz CT molecular complexity index is 874.